The van der Waals surface area contributed by atoms with Gasteiger partial charge in [-0.05, 0) is 12.1 Å². The minimum atomic E-state index is -0.181. The molecular formula is C11H9BrN2O2. The molecule has 0 saturated heterocycles. The molecule has 1 heterocycles. The number of carbonyl (C=O) groups is 1. The number of para-hydroxylation sites is 1. The number of benzene rings is 1. The minimum Gasteiger partial charge on any atom is -0.297 e. The molecule has 0 aliphatic rings. The summed E-state index contributed by atoms with van der Waals surface area (Å²) in [5, 5.41) is 0.777. The van der Waals surface area contributed by atoms with E-state index in [4.69, 9.17) is 0 Å². The van der Waals surface area contributed by atoms with Crippen LogP contribution >= 0.6 is 15.9 Å². The summed E-state index contributed by atoms with van der Waals surface area (Å²) < 4.78 is 1.33. The summed E-state index contributed by atoms with van der Waals surface area (Å²) in [6, 6.07) is 7.08. The van der Waals surface area contributed by atoms with Crippen molar-refractivity contribution in [2.24, 2.45) is 0 Å². The van der Waals surface area contributed by atoms with Crippen LogP contribution in [0.3, 0.4) is 0 Å². The van der Waals surface area contributed by atoms with Crippen LogP contribution in [0.25, 0.3) is 10.9 Å². The third-order valence-electron chi connectivity index (χ3n) is 2.23. The third kappa shape index (κ3) is 2.04. The zero-order valence-corrected chi connectivity index (χ0v) is 9.98. The first-order valence-corrected chi connectivity index (χ1v) is 5.86. The lowest BCUT2D eigenvalue weighted by Gasteiger charge is -2.04. The molecule has 4 nitrogen and oxygen atoms in total. The Morgan fingerprint density at radius 1 is 1.38 bits per heavy atom. The van der Waals surface area contributed by atoms with Crippen molar-refractivity contribution < 1.29 is 4.79 Å². The molecule has 0 N–H and O–H groups in total. The first-order valence-electron chi connectivity index (χ1n) is 4.74. The zero-order chi connectivity index (χ0) is 11.5. The summed E-state index contributed by atoms with van der Waals surface area (Å²) in [6.45, 7) is 0.0575. The van der Waals surface area contributed by atoms with Crippen LogP contribution in [0.1, 0.15) is 0 Å². The van der Waals surface area contributed by atoms with E-state index in [0.29, 0.717) is 10.9 Å². The summed E-state index contributed by atoms with van der Waals surface area (Å²) in [7, 11) is 0. The zero-order valence-electron chi connectivity index (χ0n) is 8.39. The number of nitrogens with zero attached hydrogens (tertiary/aromatic N) is 2. The predicted octanol–water partition coefficient (Wildman–Crippen LogP) is 1.36. The van der Waals surface area contributed by atoms with Crippen molar-refractivity contribution in [2.75, 3.05) is 5.33 Å². The van der Waals surface area contributed by atoms with Gasteiger partial charge in [-0.3, -0.25) is 14.2 Å². The van der Waals surface area contributed by atoms with Crippen molar-refractivity contribution in [3.05, 3.63) is 40.9 Å². The fraction of sp³-hybridized carbons (Fsp3) is 0.182. The van der Waals surface area contributed by atoms with Gasteiger partial charge in [0, 0.05) is 0 Å². The molecule has 0 bridgehead atoms. The Morgan fingerprint density at radius 2 is 2.12 bits per heavy atom. The van der Waals surface area contributed by atoms with E-state index < -0.39 is 0 Å². The number of ketones is 1. The van der Waals surface area contributed by atoms with Gasteiger partial charge in [0.25, 0.3) is 5.56 Å². The third-order valence-corrected chi connectivity index (χ3v) is 2.85. The number of carbonyl (C=O) groups excluding carboxylic acids is 1. The molecule has 0 spiro atoms. The predicted molar refractivity (Wildman–Crippen MR) is 64.8 cm³/mol. The van der Waals surface area contributed by atoms with E-state index in [2.05, 4.69) is 20.9 Å². The van der Waals surface area contributed by atoms with Gasteiger partial charge >= 0.3 is 0 Å². The summed E-state index contributed by atoms with van der Waals surface area (Å²) >= 11 is 3.06. The Hall–Kier alpha value is -1.49. The lowest BCUT2D eigenvalue weighted by molar-refractivity contribution is -0.117. The highest BCUT2D eigenvalue weighted by atomic mass is 79.9. The molecule has 0 atom stereocenters. The average molecular weight is 281 g/mol. The van der Waals surface area contributed by atoms with Crippen molar-refractivity contribution in [3.63, 3.8) is 0 Å². The number of Topliss-reactive ketones (excluding diaryl/α,β-unsaturated/α-hetero) is 1. The molecule has 5 heteroatoms. The van der Waals surface area contributed by atoms with Crippen LogP contribution < -0.4 is 5.56 Å². The Morgan fingerprint density at radius 3 is 2.88 bits per heavy atom. The second-order valence-corrected chi connectivity index (χ2v) is 3.93. The number of hydrogen-bond acceptors (Lipinski definition) is 3. The molecular weight excluding hydrogens is 272 g/mol. The number of alkyl halides is 1. The molecule has 2 rings (SSSR count). The van der Waals surface area contributed by atoms with E-state index in [0.717, 1.165) is 0 Å². The number of aromatic nitrogens is 2. The lowest BCUT2D eigenvalue weighted by atomic mass is 10.2. The number of hydrogen-bond donors (Lipinski definition) is 0. The average Bonchev–Trinajstić information content (AvgIpc) is 2.33. The molecule has 0 unspecified atom stereocenters. The van der Waals surface area contributed by atoms with Gasteiger partial charge in [0.2, 0.25) is 0 Å². The van der Waals surface area contributed by atoms with E-state index >= 15 is 0 Å². The van der Waals surface area contributed by atoms with Crippen LogP contribution in [0.5, 0.6) is 0 Å². The fourth-order valence-electron chi connectivity index (χ4n) is 1.45. The van der Waals surface area contributed by atoms with Crippen LogP contribution in [0, 0.1) is 0 Å². The van der Waals surface area contributed by atoms with Gasteiger partial charge in [0.05, 0.1) is 29.1 Å². The van der Waals surface area contributed by atoms with Gasteiger partial charge in [-0.1, -0.05) is 28.1 Å². The standard InChI is InChI=1S/C11H9BrN2O2/c12-5-8(15)6-14-7-13-10-4-2-1-3-9(10)11(14)16/h1-4,7H,5-6H2. The van der Waals surface area contributed by atoms with Crippen LogP contribution in [-0.4, -0.2) is 20.7 Å². The number of halogens is 1. The van der Waals surface area contributed by atoms with Gasteiger partial charge < -0.3 is 0 Å². The van der Waals surface area contributed by atoms with Crippen LogP contribution in [0.4, 0.5) is 0 Å². The highest BCUT2D eigenvalue weighted by Crippen LogP contribution is 2.04. The highest BCUT2D eigenvalue weighted by molar-refractivity contribution is 9.09. The maximum atomic E-state index is 11.9. The molecule has 1 aromatic heterocycles. The number of rotatable bonds is 3. The molecule has 0 amide bonds. The van der Waals surface area contributed by atoms with Gasteiger partial charge in [-0.15, -0.1) is 0 Å². The molecule has 82 valence electrons. The summed E-state index contributed by atoms with van der Waals surface area (Å²) in [5.74, 6) is -0.0563. The van der Waals surface area contributed by atoms with E-state index in [-0.39, 0.29) is 23.2 Å². The van der Waals surface area contributed by atoms with E-state index in [1.807, 2.05) is 6.07 Å². The second kappa shape index (κ2) is 4.57. The molecule has 16 heavy (non-hydrogen) atoms. The molecule has 0 aliphatic heterocycles. The van der Waals surface area contributed by atoms with Crippen LogP contribution in [-0.2, 0) is 11.3 Å². The van der Waals surface area contributed by atoms with Crippen molar-refractivity contribution >= 4 is 32.6 Å². The topological polar surface area (TPSA) is 52.0 Å². The van der Waals surface area contributed by atoms with Crippen molar-refractivity contribution in [3.8, 4) is 0 Å². The molecule has 0 saturated carbocycles. The largest absolute Gasteiger partial charge is 0.297 e. The molecule has 0 aliphatic carbocycles. The van der Waals surface area contributed by atoms with Gasteiger partial charge in [-0.25, -0.2) is 4.98 Å². The van der Waals surface area contributed by atoms with Crippen LogP contribution in [0.15, 0.2) is 35.4 Å². The Balaban J connectivity index is 2.53. The van der Waals surface area contributed by atoms with E-state index in [1.54, 1.807) is 18.2 Å². The smallest absolute Gasteiger partial charge is 0.261 e. The number of fused-ring (bicyclic) bond motifs is 1. The maximum absolute atomic E-state index is 11.9. The first kappa shape index (κ1) is 11.0. The second-order valence-electron chi connectivity index (χ2n) is 3.37. The van der Waals surface area contributed by atoms with Crippen molar-refractivity contribution in [2.45, 2.75) is 6.54 Å². The molecule has 0 fully saturated rings. The van der Waals surface area contributed by atoms with E-state index in [1.165, 1.54) is 10.9 Å². The fourth-order valence-corrected chi connectivity index (χ4v) is 1.63. The first-order chi connectivity index (χ1) is 7.72. The molecule has 1 aromatic carbocycles. The van der Waals surface area contributed by atoms with Crippen molar-refractivity contribution in [1.82, 2.24) is 9.55 Å². The monoisotopic (exact) mass is 280 g/mol. The van der Waals surface area contributed by atoms with Gasteiger partial charge in [0.15, 0.2) is 5.78 Å². The molecule has 0 radical (unpaired) electrons. The van der Waals surface area contributed by atoms with Crippen LogP contribution in [0.2, 0.25) is 0 Å². The highest BCUT2D eigenvalue weighted by Gasteiger charge is 2.06. The van der Waals surface area contributed by atoms with Gasteiger partial charge in [-0.2, -0.15) is 0 Å². The normalized spacial score (nSPS) is 10.6. The Bertz CT molecular complexity index is 592. The summed E-state index contributed by atoms with van der Waals surface area (Å²) in [6.07, 6.45) is 1.41. The van der Waals surface area contributed by atoms with Gasteiger partial charge in [0.1, 0.15) is 0 Å². The maximum Gasteiger partial charge on any atom is 0.261 e. The Labute approximate surface area is 100 Å². The minimum absolute atomic E-state index is 0.0563. The summed E-state index contributed by atoms with van der Waals surface area (Å²) in [5.41, 5.74) is 0.468. The molecule has 2 aromatic rings. The quantitative estimate of drug-likeness (QED) is 0.798. The van der Waals surface area contributed by atoms with E-state index in [9.17, 15) is 9.59 Å². The SMILES string of the molecule is O=C(CBr)Cn1cnc2ccccc2c1=O. The summed E-state index contributed by atoms with van der Waals surface area (Å²) in [4.78, 5) is 27.3. The lowest BCUT2D eigenvalue weighted by Crippen LogP contribution is -2.24. The Kier molecular flexibility index (Phi) is 3.14. The van der Waals surface area contributed by atoms with Crippen molar-refractivity contribution in [1.29, 1.82) is 0 Å².